The maximum absolute atomic E-state index is 12.1. The zero-order valence-electron chi connectivity index (χ0n) is 10.6. The number of nitrogens with one attached hydrogen (secondary N) is 1. The first-order valence-corrected chi connectivity index (χ1v) is 6.36. The molecule has 0 aliphatic heterocycles. The average molecular weight is 301 g/mol. The lowest BCUT2D eigenvalue weighted by atomic mass is 10.2. The summed E-state index contributed by atoms with van der Waals surface area (Å²) >= 11 is 5.95. The molecule has 3 rings (SSSR count). The Morgan fingerprint density at radius 2 is 2.00 bits per heavy atom. The largest absolute Gasteiger partial charge is 0.322 e. The van der Waals surface area contributed by atoms with Gasteiger partial charge in [0, 0.05) is 18.1 Å². The number of anilines is 1. The van der Waals surface area contributed by atoms with Crippen molar-refractivity contribution in [2.75, 3.05) is 5.32 Å². The van der Waals surface area contributed by atoms with Crippen molar-refractivity contribution < 1.29 is 4.79 Å². The zero-order chi connectivity index (χ0) is 14.7. The maximum Gasteiger partial charge on any atom is 0.258 e. The van der Waals surface area contributed by atoms with Gasteiger partial charge in [-0.1, -0.05) is 11.6 Å². The molecule has 3 aromatic rings. The van der Waals surface area contributed by atoms with Crippen LogP contribution in [0.4, 0.5) is 5.69 Å². The number of carbonyl (C=O) groups excluding carboxylic acids is 1. The molecule has 0 spiro atoms. The van der Waals surface area contributed by atoms with Crippen LogP contribution in [0.2, 0.25) is 5.02 Å². The van der Waals surface area contributed by atoms with Crippen LogP contribution in [0.5, 0.6) is 0 Å². The third-order valence-corrected chi connectivity index (χ3v) is 3.08. The monoisotopic (exact) mass is 300 g/mol. The van der Waals surface area contributed by atoms with Crippen molar-refractivity contribution in [3.63, 3.8) is 0 Å². The molecule has 2 heterocycles. The number of tetrazole rings is 1. The van der Waals surface area contributed by atoms with E-state index in [-0.39, 0.29) is 5.91 Å². The van der Waals surface area contributed by atoms with Crippen LogP contribution in [-0.2, 0) is 0 Å². The Kier molecular flexibility index (Phi) is 3.57. The van der Waals surface area contributed by atoms with Crippen molar-refractivity contribution >= 4 is 23.2 Å². The van der Waals surface area contributed by atoms with Crippen molar-refractivity contribution in [3.8, 4) is 5.69 Å². The third-order valence-electron chi connectivity index (χ3n) is 2.75. The Bertz CT molecular complexity index is 757. The number of benzene rings is 1. The first-order chi connectivity index (χ1) is 10.2. The quantitative estimate of drug-likeness (QED) is 0.799. The van der Waals surface area contributed by atoms with E-state index in [4.69, 9.17) is 11.6 Å². The van der Waals surface area contributed by atoms with Gasteiger partial charge in [0.05, 0.1) is 16.3 Å². The summed E-state index contributed by atoms with van der Waals surface area (Å²) in [6.45, 7) is 0. The van der Waals surface area contributed by atoms with E-state index >= 15 is 0 Å². The van der Waals surface area contributed by atoms with Crippen molar-refractivity contribution in [1.82, 2.24) is 25.2 Å². The second kappa shape index (κ2) is 5.68. The normalized spacial score (nSPS) is 10.3. The molecule has 0 saturated heterocycles. The van der Waals surface area contributed by atoms with Crippen molar-refractivity contribution in [2.45, 2.75) is 0 Å². The summed E-state index contributed by atoms with van der Waals surface area (Å²) in [6.07, 6.45) is 4.44. The molecular weight excluding hydrogens is 292 g/mol. The predicted octanol–water partition coefficient (Wildman–Crippen LogP) is 1.96. The fraction of sp³-hybridized carbons (Fsp3) is 0. The average Bonchev–Trinajstić information content (AvgIpc) is 3.02. The minimum absolute atomic E-state index is 0.316. The topological polar surface area (TPSA) is 85.6 Å². The Balaban J connectivity index is 1.77. The minimum atomic E-state index is -0.316. The second-order valence-corrected chi connectivity index (χ2v) is 4.52. The van der Waals surface area contributed by atoms with Gasteiger partial charge in [0.1, 0.15) is 6.33 Å². The van der Waals surface area contributed by atoms with Crippen LogP contribution < -0.4 is 5.32 Å². The van der Waals surface area contributed by atoms with E-state index in [1.807, 2.05) is 0 Å². The van der Waals surface area contributed by atoms with Crippen LogP contribution >= 0.6 is 11.6 Å². The minimum Gasteiger partial charge on any atom is -0.322 e. The van der Waals surface area contributed by atoms with Gasteiger partial charge >= 0.3 is 0 Å². The SMILES string of the molecule is O=C(Nc1ccc(-n2cnnn2)cc1)c1cnccc1Cl. The van der Waals surface area contributed by atoms with Gasteiger partial charge in [-0.15, -0.1) is 5.10 Å². The van der Waals surface area contributed by atoms with Gasteiger partial charge in [-0.05, 0) is 40.8 Å². The van der Waals surface area contributed by atoms with E-state index in [2.05, 4.69) is 25.8 Å². The number of amides is 1. The molecule has 21 heavy (non-hydrogen) atoms. The molecule has 104 valence electrons. The van der Waals surface area contributed by atoms with E-state index in [1.54, 1.807) is 30.3 Å². The van der Waals surface area contributed by atoms with E-state index in [9.17, 15) is 4.79 Å². The van der Waals surface area contributed by atoms with E-state index < -0.39 is 0 Å². The molecule has 1 amide bonds. The van der Waals surface area contributed by atoms with Gasteiger partial charge in [0.25, 0.3) is 5.91 Å². The standard InChI is InChI=1S/C13H9ClN6O/c14-12-5-6-15-7-11(12)13(21)17-9-1-3-10(4-2-9)20-8-16-18-19-20/h1-8H,(H,17,21). The molecular formula is C13H9ClN6O. The summed E-state index contributed by atoms with van der Waals surface area (Å²) in [6, 6.07) is 8.64. The van der Waals surface area contributed by atoms with Crippen molar-refractivity contribution in [3.05, 3.63) is 59.6 Å². The number of nitrogens with zero attached hydrogens (tertiary/aromatic N) is 5. The van der Waals surface area contributed by atoms with Gasteiger partial charge in [-0.25, -0.2) is 4.68 Å². The number of hydrogen-bond acceptors (Lipinski definition) is 5. The second-order valence-electron chi connectivity index (χ2n) is 4.11. The molecule has 7 nitrogen and oxygen atoms in total. The summed E-state index contributed by atoms with van der Waals surface area (Å²) in [7, 11) is 0. The van der Waals surface area contributed by atoms with Crippen molar-refractivity contribution in [2.24, 2.45) is 0 Å². The fourth-order valence-corrected chi connectivity index (χ4v) is 1.91. The zero-order valence-corrected chi connectivity index (χ0v) is 11.4. The molecule has 0 radical (unpaired) electrons. The molecule has 8 heteroatoms. The highest BCUT2D eigenvalue weighted by molar-refractivity contribution is 6.34. The highest BCUT2D eigenvalue weighted by Crippen LogP contribution is 2.17. The molecule has 1 aromatic carbocycles. The Morgan fingerprint density at radius 1 is 1.19 bits per heavy atom. The van der Waals surface area contributed by atoms with Gasteiger partial charge in [0.15, 0.2) is 0 Å². The van der Waals surface area contributed by atoms with Crippen LogP contribution in [-0.4, -0.2) is 31.1 Å². The molecule has 0 bridgehead atoms. The highest BCUT2D eigenvalue weighted by Gasteiger charge is 2.10. The predicted molar refractivity (Wildman–Crippen MR) is 76.4 cm³/mol. The van der Waals surface area contributed by atoms with Crippen LogP contribution in [0.3, 0.4) is 0 Å². The molecule has 2 aromatic heterocycles. The van der Waals surface area contributed by atoms with E-state index in [0.29, 0.717) is 16.3 Å². The number of aromatic nitrogens is 5. The van der Waals surface area contributed by atoms with Gasteiger partial charge in [-0.2, -0.15) is 0 Å². The summed E-state index contributed by atoms with van der Waals surface area (Å²) in [5.41, 5.74) is 1.75. The molecule has 0 fully saturated rings. The maximum atomic E-state index is 12.1. The summed E-state index contributed by atoms with van der Waals surface area (Å²) in [5, 5.41) is 14.0. The summed E-state index contributed by atoms with van der Waals surface area (Å²) in [4.78, 5) is 16.0. The number of pyridine rings is 1. The lowest BCUT2D eigenvalue weighted by Crippen LogP contribution is -2.12. The Morgan fingerprint density at radius 3 is 2.67 bits per heavy atom. The summed E-state index contributed by atoms with van der Waals surface area (Å²) in [5.74, 6) is -0.316. The van der Waals surface area contributed by atoms with E-state index in [1.165, 1.54) is 23.4 Å². The smallest absolute Gasteiger partial charge is 0.258 e. The van der Waals surface area contributed by atoms with Crippen LogP contribution in [0, 0.1) is 0 Å². The molecule has 0 aliphatic rings. The highest BCUT2D eigenvalue weighted by atomic mass is 35.5. The Hall–Kier alpha value is -2.80. The number of halogens is 1. The number of hydrogen-bond donors (Lipinski definition) is 1. The van der Waals surface area contributed by atoms with Gasteiger partial charge in [-0.3, -0.25) is 9.78 Å². The van der Waals surface area contributed by atoms with E-state index in [0.717, 1.165) is 5.69 Å². The molecule has 0 aliphatic carbocycles. The lowest BCUT2D eigenvalue weighted by Gasteiger charge is -2.07. The first-order valence-electron chi connectivity index (χ1n) is 5.98. The number of carbonyl (C=O) groups is 1. The van der Waals surface area contributed by atoms with Crippen LogP contribution in [0.25, 0.3) is 5.69 Å². The lowest BCUT2D eigenvalue weighted by molar-refractivity contribution is 0.102. The third kappa shape index (κ3) is 2.87. The first kappa shape index (κ1) is 13.2. The number of rotatable bonds is 3. The molecule has 0 atom stereocenters. The van der Waals surface area contributed by atoms with Crippen LogP contribution in [0.15, 0.2) is 49.1 Å². The van der Waals surface area contributed by atoms with Gasteiger partial charge in [0.2, 0.25) is 0 Å². The molecule has 0 unspecified atom stereocenters. The summed E-state index contributed by atoms with van der Waals surface area (Å²) < 4.78 is 1.52. The fourth-order valence-electron chi connectivity index (χ4n) is 1.72. The Labute approximate surface area is 124 Å². The molecule has 1 N–H and O–H groups in total. The van der Waals surface area contributed by atoms with Crippen LogP contribution in [0.1, 0.15) is 10.4 Å². The molecule has 0 saturated carbocycles. The van der Waals surface area contributed by atoms with Crippen molar-refractivity contribution in [1.29, 1.82) is 0 Å². The van der Waals surface area contributed by atoms with Gasteiger partial charge < -0.3 is 5.32 Å².